The van der Waals surface area contributed by atoms with Crippen molar-refractivity contribution in [2.75, 3.05) is 50.5 Å². The normalized spacial score (nSPS) is 13.6. The minimum absolute atomic E-state index is 0.174. The number of carbonyl (C=O) groups is 1. The average Bonchev–Trinajstić information content (AvgIpc) is 3.58. The van der Waals surface area contributed by atoms with Crippen molar-refractivity contribution in [3.05, 3.63) is 61.2 Å². The zero-order chi connectivity index (χ0) is 26.9. The van der Waals surface area contributed by atoms with Gasteiger partial charge in [-0.25, -0.2) is 19.7 Å². The van der Waals surface area contributed by atoms with E-state index in [0.717, 1.165) is 82.5 Å². The van der Waals surface area contributed by atoms with Gasteiger partial charge in [0.05, 0.1) is 5.69 Å². The largest absolute Gasteiger partial charge is 0.339 e. The summed E-state index contributed by atoms with van der Waals surface area (Å²) in [6, 6.07) is 11.6. The molecule has 0 unspecified atom stereocenters. The van der Waals surface area contributed by atoms with E-state index in [-0.39, 0.29) is 6.03 Å². The fraction of sp³-hybridized carbons (Fsp3) is 0.250. The minimum Gasteiger partial charge on any atom is -0.339 e. The van der Waals surface area contributed by atoms with Crippen molar-refractivity contribution in [2.24, 2.45) is 7.05 Å². The van der Waals surface area contributed by atoms with Crippen molar-refractivity contribution in [2.45, 2.75) is 0 Å². The Morgan fingerprint density at radius 2 is 1.72 bits per heavy atom. The fourth-order valence-electron chi connectivity index (χ4n) is 4.75. The highest BCUT2D eigenvalue weighted by Gasteiger charge is 2.18. The Bertz CT molecular complexity index is 1610. The number of hydrogen-bond acceptors (Lipinski definition) is 7. The smallest absolute Gasteiger partial charge is 0.321 e. The van der Waals surface area contributed by atoms with E-state index < -0.39 is 0 Å². The van der Waals surface area contributed by atoms with Crippen LogP contribution < -0.4 is 15.5 Å². The molecule has 0 bridgehead atoms. The lowest BCUT2D eigenvalue weighted by molar-refractivity contribution is 0.230. The van der Waals surface area contributed by atoms with Crippen LogP contribution in [0.4, 0.5) is 16.4 Å². The number of anilines is 2. The predicted molar refractivity (Wildman–Crippen MR) is 153 cm³/mol. The Morgan fingerprint density at radius 1 is 0.974 bits per heavy atom. The lowest BCUT2D eigenvalue weighted by Crippen LogP contribution is -2.44. The second kappa shape index (κ2) is 10.2. The summed E-state index contributed by atoms with van der Waals surface area (Å²) in [5.74, 6) is 0.752. The fourth-order valence-corrected chi connectivity index (χ4v) is 4.75. The average molecular weight is 523 g/mol. The van der Waals surface area contributed by atoms with Crippen LogP contribution in [0.1, 0.15) is 0 Å². The summed E-state index contributed by atoms with van der Waals surface area (Å²) in [4.78, 5) is 33.0. The van der Waals surface area contributed by atoms with Gasteiger partial charge in [-0.05, 0) is 29.8 Å². The summed E-state index contributed by atoms with van der Waals surface area (Å²) in [6.45, 7) is 3.68. The van der Waals surface area contributed by atoms with Gasteiger partial charge in [-0.3, -0.25) is 4.68 Å². The third kappa shape index (κ3) is 4.91. The van der Waals surface area contributed by atoms with E-state index in [4.69, 9.17) is 5.10 Å². The molecule has 1 aromatic carbocycles. The maximum Gasteiger partial charge on any atom is 0.321 e. The summed E-state index contributed by atoms with van der Waals surface area (Å²) in [7, 11) is 5.33. The van der Waals surface area contributed by atoms with Crippen LogP contribution in [0.2, 0.25) is 0 Å². The quantitative estimate of drug-likeness (QED) is 0.323. The van der Waals surface area contributed by atoms with Crippen molar-refractivity contribution in [3.63, 3.8) is 0 Å². The summed E-state index contributed by atoms with van der Waals surface area (Å²) >= 11 is 0. The number of pyridine rings is 1. The predicted octanol–water partition coefficient (Wildman–Crippen LogP) is 3.59. The molecule has 11 nitrogen and oxygen atoms in total. The molecule has 1 aliphatic heterocycles. The first kappa shape index (κ1) is 24.6. The molecule has 0 spiro atoms. The Labute approximate surface area is 225 Å². The van der Waals surface area contributed by atoms with E-state index in [1.54, 1.807) is 20.3 Å². The summed E-state index contributed by atoms with van der Waals surface area (Å²) in [6.07, 6.45) is 7.55. The molecule has 5 heterocycles. The van der Waals surface area contributed by atoms with Gasteiger partial charge in [-0.1, -0.05) is 12.1 Å². The molecule has 0 aliphatic carbocycles. The number of fused-ring (bicyclic) bond motifs is 1. The van der Waals surface area contributed by atoms with Gasteiger partial charge >= 0.3 is 6.03 Å². The first-order valence-corrected chi connectivity index (χ1v) is 12.8. The van der Waals surface area contributed by atoms with Crippen LogP contribution in [0, 0.1) is 0 Å². The van der Waals surface area contributed by atoms with E-state index in [0.29, 0.717) is 0 Å². The molecule has 11 heteroatoms. The highest BCUT2D eigenvalue weighted by molar-refractivity contribution is 5.99. The molecule has 39 heavy (non-hydrogen) atoms. The number of amides is 2. The maximum absolute atomic E-state index is 12.0. The zero-order valence-electron chi connectivity index (χ0n) is 22.1. The van der Waals surface area contributed by atoms with Gasteiger partial charge in [0.1, 0.15) is 11.3 Å². The number of hydrogen-bond donors (Lipinski definition) is 3. The van der Waals surface area contributed by atoms with Crippen molar-refractivity contribution in [1.29, 1.82) is 0 Å². The van der Waals surface area contributed by atoms with Crippen LogP contribution in [0.15, 0.2) is 61.2 Å². The number of urea groups is 1. The summed E-state index contributed by atoms with van der Waals surface area (Å²) < 4.78 is 1.81. The van der Waals surface area contributed by atoms with Gasteiger partial charge < -0.3 is 25.4 Å². The Hall–Kier alpha value is -4.77. The Kier molecular flexibility index (Phi) is 6.41. The molecule has 3 N–H and O–H groups in total. The number of nitrogens with zero attached hydrogens (tertiary/aromatic N) is 7. The van der Waals surface area contributed by atoms with Crippen LogP contribution in [0.5, 0.6) is 0 Å². The number of piperazine rings is 1. The molecule has 0 atom stereocenters. The summed E-state index contributed by atoms with van der Waals surface area (Å²) in [5, 5.41) is 12.0. The number of aromatic amines is 1. The van der Waals surface area contributed by atoms with Crippen molar-refractivity contribution >= 4 is 28.7 Å². The monoisotopic (exact) mass is 522 g/mol. The minimum atomic E-state index is -0.174. The Morgan fingerprint density at radius 3 is 2.44 bits per heavy atom. The second-order valence-corrected chi connectivity index (χ2v) is 9.78. The van der Waals surface area contributed by atoms with E-state index in [9.17, 15) is 4.79 Å². The van der Waals surface area contributed by atoms with E-state index in [1.807, 2.05) is 60.7 Å². The first-order valence-electron chi connectivity index (χ1n) is 12.8. The molecular weight excluding hydrogens is 492 g/mol. The second-order valence-electron chi connectivity index (χ2n) is 9.78. The number of benzene rings is 1. The van der Waals surface area contributed by atoms with Gasteiger partial charge in [0.15, 0.2) is 0 Å². The molecule has 1 fully saturated rings. The number of rotatable bonds is 5. The number of aryl methyl sites for hydroxylation is 1. The topological polar surface area (TPSA) is 120 Å². The lowest BCUT2D eigenvalue weighted by atomic mass is 10.00. The van der Waals surface area contributed by atoms with E-state index in [2.05, 4.69) is 41.5 Å². The molecule has 4 aromatic heterocycles. The molecule has 1 aliphatic rings. The van der Waals surface area contributed by atoms with Crippen molar-refractivity contribution < 1.29 is 4.79 Å². The maximum atomic E-state index is 12.0. The number of carbonyl (C=O) groups excluding carboxylic acids is 1. The third-order valence-corrected chi connectivity index (χ3v) is 6.82. The van der Waals surface area contributed by atoms with Gasteiger partial charge in [0, 0.05) is 99.9 Å². The SMILES string of the molecule is CN(C)C(=O)Nc1ccc(-c2nn(C)cc2-c2ccnc3[nH]c(-c4cnc(N5CCNCC5)nc4)cc23)cc1. The number of H-pyrrole nitrogens is 1. The lowest BCUT2D eigenvalue weighted by Gasteiger charge is -2.27. The number of aromatic nitrogens is 6. The highest BCUT2D eigenvalue weighted by Crippen LogP contribution is 2.36. The van der Waals surface area contributed by atoms with Crippen LogP contribution in [-0.4, -0.2) is 80.9 Å². The molecular formula is C28H30N10O. The van der Waals surface area contributed by atoms with Gasteiger partial charge in [0.25, 0.3) is 0 Å². The van der Waals surface area contributed by atoms with Gasteiger partial charge in [-0.15, -0.1) is 0 Å². The highest BCUT2D eigenvalue weighted by atomic mass is 16.2. The molecule has 198 valence electrons. The van der Waals surface area contributed by atoms with E-state index in [1.165, 1.54) is 4.90 Å². The molecule has 0 saturated carbocycles. The molecule has 5 aromatic rings. The van der Waals surface area contributed by atoms with Crippen molar-refractivity contribution in [3.8, 4) is 33.6 Å². The molecule has 1 saturated heterocycles. The van der Waals surface area contributed by atoms with Crippen LogP contribution >= 0.6 is 0 Å². The zero-order valence-corrected chi connectivity index (χ0v) is 22.1. The van der Waals surface area contributed by atoms with Crippen LogP contribution in [0.25, 0.3) is 44.7 Å². The van der Waals surface area contributed by atoms with Gasteiger partial charge in [-0.2, -0.15) is 5.10 Å². The van der Waals surface area contributed by atoms with Crippen LogP contribution in [0.3, 0.4) is 0 Å². The van der Waals surface area contributed by atoms with Gasteiger partial charge in [0.2, 0.25) is 5.95 Å². The molecule has 0 radical (unpaired) electrons. The van der Waals surface area contributed by atoms with Crippen molar-refractivity contribution in [1.82, 2.24) is 39.9 Å². The Balaban J connectivity index is 1.32. The number of nitrogens with one attached hydrogen (secondary N) is 3. The van der Waals surface area contributed by atoms with E-state index >= 15 is 0 Å². The standard InChI is InChI=1S/C28H30N10O/c1-36(2)28(39)33-20-6-4-18(5-7-20)25-23(17-37(3)35-25)21-8-9-30-26-22(21)14-24(34-26)19-15-31-27(32-16-19)38-12-10-29-11-13-38/h4-9,14-17,29H,10-13H2,1-3H3,(H,30,34)(H,33,39). The first-order chi connectivity index (χ1) is 19.0. The van der Waals surface area contributed by atoms with Crippen LogP contribution in [-0.2, 0) is 7.05 Å². The molecule has 2 amide bonds. The molecule has 6 rings (SSSR count). The third-order valence-electron chi connectivity index (χ3n) is 6.82. The summed E-state index contributed by atoms with van der Waals surface area (Å²) in [5.41, 5.74) is 7.13.